The number of aromatic nitrogens is 6. The number of amides is 1. The number of fused-ring (bicyclic) bond motifs is 3. The normalized spacial score (nSPS) is 11.1. The van der Waals surface area contributed by atoms with Gasteiger partial charge in [0, 0.05) is 12.3 Å². The third-order valence-corrected chi connectivity index (χ3v) is 4.63. The van der Waals surface area contributed by atoms with Gasteiger partial charge in [-0.15, -0.1) is 5.10 Å². The average Bonchev–Trinajstić information content (AvgIpc) is 3.27. The van der Waals surface area contributed by atoms with Crippen molar-refractivity contribution in [1.29, 1.82) is 0 Å². The second-order valence-electron chi connectivity index (χ2n) is 5.36. The molecular weight excluding hydrogens is 358 g/mol. The molecule has 0 fully saturated rings. The van der Waals surface area contributed by atoms with Crippen LogP contribution < -0.4 is 15.6 Å². The summed E-state index contributed by atoms with van der Waals surface area (Å²) in [4.78, 5) is 29.9. The average molecular weight is 371 g/mol. The van der Waals surface area contributed by atoms with Gasteiger partial charge < -0.3 is 4.74 Å². The largest absolute Gasteiger partial charge is 0.494 e. The Labute approximate surface area is 149 Å². The summed E-state index contributed by atoms with van der Waals surface area (Å²) in [7, 11) is 0. The quantitative estimate of drug-likeness (QED) is 0.544. The first kappa shape index (κ1) is 16.1. The van der Waals surface area contributed by atoms with E-state index in [0.29, 0.717) is 22.8 Å². The maximum Gasteiger partial charge on any atom is 0.271 e. The molecule has 3 heterocycles. The van der Waals surface area contributed by atoms with E-state index in [0.717, 1.165) is 11.1 Å². The zero-order chi connectivity index (χ0) is 18.1. The fourth-order valence-electron chi connectivity index (χ4n) is 2.43. The Morgan fingerprint density at radius 1 is 1.42 bits per heavy atom. The van der Waals surface area contributed by atoms with E-state index in [4.69, 9.17) is 4.74 Å². The van der Waals surface area contributed by atoms with E-state index in [1.165, 1.54) is 21.9 Å². The monoisotopic (exact) mass is 371 g/mol. The van der Waals surface area contributed by atoms with Crippen molar-refractivity contribution in [2.24, 2.45) is 0 Å². The number of anilines is 1. The molecule has 0 atom stereocenters. The highest BCUT2D eigenvalue weighted by molar-refractivity contribution is 7.23. The zero-order valence-corrected chi connectivity index (χ0v) is 14.4. The number of nitrogens with one attached hydrogen (secondary N) is 2. The first-order valence-corrected chi connectivity index (χ1v) is 8.61. The number of hydrogen-bond acceptors (Lipinski definition) is 8. The number of carbonyl (C=O) groups excluding carboxylic acids is 1. The molecule has 0 unspecified atom stereocenters. The zero-order valence-electron chi connectivity index (χ0n) is 13.6. The Morgan fingerprint density at radius 3 is 3.08 bits per heavy atom. The van der Waals surface area contributed by atoms with Gasteiger partial charge in [0.1, 0.15) is 11.3 Å². The molecule has 26 heavy (non-hydrogen) atoms. The standard InChI is InChI=1S/C15H13N7O3S/c1-2-5-25-8-3-4-11-10(6-8)22-13(24)9(7-16-15(22)26-11)12(23)17-14-18-20-21-19-14/h3-4,6-7H,2,5H2,1H3,(H2,17,18,19,20,21,23). The smallest absolute Gasteiger partial charge is 0.271 e. The van der Waals surface area contributed by atoms with Gasteiger partial charge in [-0.1, -0.05) is 23.4 Å². The number of tetrazole rings is 1. The van der Waals surface area contributed by atoms with Crippen LogP contribution in [0.5, 0.6) is 5.75 Å². The molecule has 2 N–H and O–H groups in total. The van der Waals surface area contributed by atoms with Gasteiger partial charge in [0.2, 0.25) is 0 Å². The van der Waals surface area contributed by atoms with Crippen LogP contribution in [0.2, 0.25) is 0 Å². The number of H-pyrrole nitrogens is 1. The number of aromatic amines is 1. The predicted molar refractivity (Wildman–Crippen MR) is 94.8 cm³/mol. The molecule has 0 saturated carbocycles. The molecular formula is C15H13N7O3S. The molecule has 0 spiro atoms. The molecule has 3 aromatic heterocycles. The number of benzene rings is 1. The van der Waals surface area contributed by atoms with Gasteiger partial charge >= 0.3 is 0 Å². The van der Waals surface area contributed by atoms with E-state index < -0.39 is 11.5 Å². The van der Waals surface area contributed by atoms with Crippen LogP contribution in [0.1, 0.15) is 23.7 Å². The van der Waals surface area contributed by atoms with Crippen LogP contribution in [0.25, 0.3) is 15.2 Å². The summed E-state index contributed by atoms with van der Waals surface area (Å²) in [5.41, 5.74) is 0.0482. The highest BCUT2D eigenvalue weighted by Crippen LogP contribution is 2.27. The van der Waals surface area contributed by atoms with Crippen LogP contribution in [0.3, 0.4) is 0 Å². The van der Waals surface area contributed by atoms with Crippen LogP contribution in [0.15, 0.2) is 29.2 Å². The third-order valence-electron chi connectivity index (χ3n) is 3.59. The first-order valence-electron chi connectivity index (χ1n) is 7.79. The fourth-order valence-corrected chi connectivity index (χ4v) is 3.40. The molecule has 1 amide bonds. The second kappa shape index (κ2) is 6.52. The Morgan fingerprint density at radius 2 is 2.31 bits per heavy atom. The first-order chi connectivity index (χ1) is 12.7. The van der Waals surface area contributed by atoms with Crippen LogP contribution in [-0.4, -0.2) is 42.5 Å². The molecule has 0 aliphatic heterocycles. The number of rotatable bonds is 5. The summed E-state index contributed by atoms with van der Waals surface area (Å²) in [5, 5.41) is 15.2. The molecule has 11 heteroatoms. The maximum absolute atomic E-state index is 12.9. The second-order valence-corrected chi connectivity index (χ2v) is 6.37. The van der Waals surface area contributed by atoms with E-state index in [2.05, 4.69) is 30.9 Å². The van der Waals surface area contributed by atoms with Crippen molar-refractivity contribution in [1.82, 2.24) is 30.0 Å². The summed E-state index contributed by atoms with van der Waals surface area (Å²) in [6.07, 6.45) is 2.13. The van der Waals surface area contributed by atoms with Gasteiger partial charge in [0.25, 0.3) is 17.4 Å². The van der Waals surface area contributed by atoms with Crippen molar-refractivity contribution in [3.05, 3.63) is 40.3 Å². The topological polar surface area (TPSA) is 127 Å². The molecule has 0 aliphatic carbocycles. The van der Waals surface area contributed by atoms with E-state index in [1.54, 1.807) is 6.07 Å². The minimum Gasteiger partial charge on any atom is -0.494 e. The minimum atomic E-state index is -0.656. The Bertz CT molecular complexity index is 1150. The minimum absolute atomic E-state index is 0.0232. The molecule has 132 valence electrons. The summed E-state index contributed by atoms with van der Waals surface area (Å²) < 4.78 is 7.91. The lowest BCUT2D eigenvalue weighted by molar-refractivity contribution is 0.102. The predicted octanol–water partition coefficient (Wildman–Crippen LogP) is 1.46. The van der Waals surface area contributed by atoms with Crippen LogP contribution in [0.4, 0.5) is 5.95 Å². The molecule has 10 nitrogen and oxygen atoms in total. The van der Waals surface area contributed by atoms with Gasteiger partial charge in [-0.2, -0.15) is 5.21 Å². The Hall–Kier alpha value is -3.34. The van der Waals surface area contributed by atoms with Crippen molar-refractivity contribution >= 4 is 38.4 Å². The van der Waals surface area contributed by atoms with Crippen LogP contribution in [-0.2, 0) is 0 Å². The number of hydrogen-bond donors (Lipinski definition) is 2. The number of carbonyl (C=O) groups is 1. The molecule has 0 aliphatic rings. The number of thiazole rings is 1. The molecule has 4 aromatic rings. The SMILES string of the molecule is CCCOc1ccc2sc3ncc(C(=O)Nc4nn[nH]n4)c(=O)n3c2c1. The van der Waals surface area contributed by atoms with Crippen molar-refractivity contribution in [2.75, 3.05) is 11.9 Å². The van der Waals surface area contributed by atoms with Crippen LogP contribution in [0, 0.1) is 0 Å². The summed E-state index contributed by atoms with van der Waals surface area (Å²) in [6, 6.07) is 5.50. The van der Waals surface area contributed by atoms with Crippen molar-refractivity contribution < 1.29 is 9.53 Å². The van der Waals surface area contributed by atoms with E-state index in [1.807, 2.05) is 19.1 Å². The lowest BCUT2D eigenvalue weighted by atomic mass is 10.3. The highest BCUT2D eigenvalue weighted by Gasteiger charge is 2.18. The van der Waals surface area contributed by atoms with Crippen LogP contribution >= 0.6 is 11.3 Å². The highest BCUT2D eigenvalue weighted by atomic mass is 32.1. The van der Waals surface area contributed by atoms with E-state index in [9.17, 15) is 9.59 Å². The number of ether oxygens (including phenoxy) is 1. The van der Waals surface area contributed by atoms with Crippen molar-refractivity contribution in [3.63, 3.8) is 0 Å². The Kier molecular flexibility index (Phi) is 4.05. The molecule has 0 bridgehead atoms. The molecule has 4 rings (SSSR count). The fraction of sp³-hybridized carbons (Fsp3) is 0.200. The summed E-state index contributed by atoms with van der Waals surface area (Å²) in [5.74, 6) is -0.0198. The molecule has 0 radical (unpaired) electrons. The van der Waals surface area contributed by atoms with Crippen molar-refractivity contribution in [2.45, 2.75) is 13.3 Å². The Balaban J connectivity index is 1.81. The number of nitrogens with zero attached hydrogens (tertiary/aromatic N) is 5. The van der Waals surface area contributed by atoms with Gasteiger partial charge in [-0.25, -0.2) is 4.98 Å². The lowest BCUT2D eigenvalue weighted by Gasteiger charge is -2.04. The van der Waals surface area contributed by atoms with E-state index in [-0.39, 0.29) is 11.5 Å². The van der Waals surface area contributed by atoms with E-state index >= 15 is 0 Å². The van der Waals surface area contributed by atoms with Gasteiger partial charge in [-0.3, -0.25) is 19.3 Å². The molecule has 1 aromatic carbocycles. The summed E-state index contributed by atoms with van der Waals surface area (Å²) >= 11 is 1.36. The maximum atomic E-state index is 12.9. The van der Waals surface area contributed by atoms with Gasteiger partial charge in [0.05, 0.1) is 16.8 Å². The third kappa shape index (κ3) is 2.77. The lowest BCUT2D eigenvalue weighted by Crippen LogP contribution is -2.26. The van der Waals surface area contributed by atoms with Crippen molar-refractivity contribution in [3.8, 4) is 5.75 Å². The summed E-state index contributed by atoms with van der Waals surface area (Å²) in [6.45, 7) is 2.60. The molecule has 0 saturated heterocycles. The van der Waals surface area contributed by atoms with Gasteiger partial charge in [-0.05, 0) is 23.8 Å². The van der Waals surface area contributed by atoms with Gasteiger partial charge in [0.15, 0.2) is 4.96 Å².